The van der Waals surface area contributed by atoms with E-state index in [1.165, 1.54) is 0 Å². The molecule has 0 aromatic carbocycles. The molecular weight excluding hydrogens is 407 g/mol. The van der Waals surface area contributed by atoms with E-state index in [2.05, 4.69) is 32.2 Å². The van der Waals surface area contributed by atoms with Gasteiger partial charge in [0.25, 0.3) is 0 Å². The lowest BCUT2D eigenvalue weighted by atomic mass is 10.0. The van der Waals surface area contributed by atoms with Crippen LogP contribution >= 0.6 is 11.6 Å². The van der Waals surface area contributed by atoms with E-state index in [1.54, 1.807) is 18.5 Å². The molecule has 1 atom stereocenters. The second kappa shape index (κ2) is 8.95. The molecule has 1 amide bonds. The molecule has 1 aliphatic heterocycles. The first kappa shape index (κ1) is 20.5. The van der Waals surface area contributed by atoms with Gasteiger partial charge in [-0.25, -0.2) is 19.3 Å². The highest BCUT2D eigenvalue weighted by atomic mass is 35.5. The Labute approximate surface area is 179 Å². The molecule has 0 bridgehead atoms. The molecule has 0 saturated carbocycles. The summed E-state index contributed by atoms with van der Waals surface area (Å²) in [6.45, 7) is 3.37. The van der Waals surface area contributed by atoms with E-state index >= 15 is 0 Å². The van der Waals surface area contributed by atoms with Gasteiger partial charge in [-0.2, -0.15) is 0 Å². The van der Waals surface area contributed by atoms with Crippen molar-refractivity contribution in [3.05, 3.63) is 35.5 Å². The molecule has 2 N–H and O–H groups in total. The topological polar surface area (TPSA) is 86.8 Å². The van der Waals surface area contributed by atoms with Crippen molar-refractivity contribution in [1.29, 1.82) is 0 Å². The fourth-order valence-corrected chi connectivity index (χ4v) is 3.92. The number of unbranched alkanes of at least 4 members (excludes halogenated alkanes) is 1. The minimum Gasteiger partial charge on any atom is -0.363 e. The molecule has 1 saturated heterocycles. The van der Waals surface area contributed by atoms with Gasteiger partial charge in [0, 0.05) is 48.9 Å². The van der Waals surface area contributed by atoms with E-state index in [0.29, 0.717) is 35.0 Å². The number of aromatic nitrogens is 4. The van der Waals surface area contributed by atoms with Gasteiger partial charge in [-0.05, 0) is 25.3 Å². The van der Waals surface area contributed by atoms with Gasteiger partial charge in [-0.3, -0.25) is 4.79 Å². The number of hydrogen-bond acceptors (Lipinski definition) is 5. The van der Waals surface area contributed by atoms with Crippen molar-refractivity contribution in [3.63, 3.8) is 0 Å². The summed E-state index contributed by atoms with van der Waals surface area (Å²) in [5, 5.41) is 4.45. The maximum absolute atomic E-state index is 14.5. The molecule has 4 rings (SSSR count). The maximum Gasteiger partial charge on any atom is 0.222 e. The van der Waals surface area contributed by atoms with Crippen LogP contribution in [-0.2, 0) is 4.79 Å². The summed E-state index contributed by atoms with van der Waals surface area (Å²) in [5.74, 6) is 0.151. The highest BCUT2D eigenvalue weighted by molar-refractivity contribution is 6.31. The van der Waals surface area contributed by atoms with Crippen molar-refractivity contribution >= 4 is 34.4 Å². The normalized spacial score (nSPS) is 16.8. The predicted molar refractivity (Wildman–Crippen MR) is 115 cm³/mol. The summed E-state index contributed by atoms with van der Waals surface area (Å²) < 4.78 is 14.5. The zero-order valence-electron chi connectivity index (χ0n) is 16.8. The lowest BCUT2D eigenvalue weighted by Crippen LogP contribution is -2.45. The Morgan fingerprint density at radius 3 is 3.10 bits per heavy atom. The first-order valence-electron chi connectivity index (χ1n) is 10.2. The Hall–Kier alpha value is -2.74. The van der Waals surface area contributed by atoms with Crippen LogP contribution in [0.2, 0.25) is 5.02 Å². The number of amides is 1. The van der Waals surface area contributed by atoms with Crippen LogP contribution in [0.3, 0.4) is 0 Å². The number of fused-ring (bicyclic) bond motifs is 1. The lowest BCUT2D eigenvalue weighted by molar-refractivity contribution is -0.132. The summed E-state index contributed by atoms with van der Waals surface area (Å²) in [5.41, 5.74) is 1.36. The minimum absolute atomic E-state index is 0.0549. The van der Waals surface area contributed by atoms with Gasteiger partial charge < -0.3 is 15.2 Å². The number of nitrogens with zero attached hydrogens (tertiary/aromatic N) is 4. The Morgan fingerprint density at radius 2 is 2.27 bits per heavy atom. The third-order valence-corrected chi connectivity index (χ3v) is 5.55. The molecule has 0 aliphatic carbocycles. The van der Waals surface area contributed by atoms with E-state index < -0.39 is 5.82 Å². The fraction of sp³-hybridized carbons (Fsp3) is 0.429. The smallest absolute Gasteiger partial charge is 0.222 e. The quantitative estimate of drug-likeness (QED) is 0.605. The number of nitrogens with one attached hydrogen (secondary N) is 2. The number of piperidine rings is 1. The molecule has 30 heavy (non-hydrogen) atoms. The van der Waals surface area contributed by atoms with Crippen LogP contribution in [0.5, 0.6) is 0 Å². The molecule has 3 aromatic rings. The van der Waals surface area contributed by atoms with Gasteiger partial charge in [-0.1, -0.05) is 24.9 Å². The second-order valence-electron chi connectivity index (χ2n) is 7.57. The zero-order chi connectivity index (χ0) is 21.1. The van der Waals surface area contributed by atoms with E-state index in [4.69, 9.17) is 11.6 Å². The number of aromatic amines is 1. The van der Waals surface area contributed by atoms with Gasteiger partial charge in [0.1, 0.15) is 5.65 Å². The fourth-order valence-electron chi connectivity index (χ4n) is 3.76. The highest BCUT2D eigenvalue weighted by Gasteiger charge is 2.24. The summed E-state index contributed by atoms with van der Waals surface area (Å²) in [4.78, 5) is 30.1. The van der Waals surface area contributed by atoms with Crippen molar-refractivity contribution in [2.75, 3.05) is 18.4 Å². The van der Waals surface area contributed by atoms with Crippen LogP contribution in [0, 0.1) is 5.82 Å². The van der Waals surface area contributed by atoms with E-state index in [9.17, 15) is 9.18 Å². The van der Waals surface area contributed by atoms with Crippen molar-refractivity contribution in [2.45, 2.75) is 45.1 Å². The molecule has 1 unspecified atom stereocenters. The summed E-state index contributed by atoms with van der Waals surface area (Å²) in [6.07, 6.45) is 8.62. The molecule has 7 nitrogen and oxygen atoms in total. The third-order valence-electron chi connectivity index (χ3n) is 5.34. The average Bonchev–Trinajstić information content (AvgIpc) is 3.17. The van der Waals surface area contributed by atoms with Crippen molar-refractivity contribution in [2.24, 2.45) is 0 Å². The second-order valence-corrected chi connectivity index (χ2v) is 8.01. The number of likely N-dealkylation sites (tertiary alicyclic amines) is 1. The molecular formula is C21H24ClFN6O. The largest absolute Gasteiger partial charge is 0.363 e. The standard InChI is InChI=1S/C21H24ClFN6O/c1-2-3-6-18(30)29-7-4-5-14(12-29)27-21-17(23)11-26-20(28-21)16-10-25-19-15(16)8-13(22)9-24-19/h8-11,14H,2-7,12H2,1H3,(H,24,25)(H,26,27,28). The summed E-state index contributed by atoms with van der Waals surface area (Å²) in [7, 11) is 0. The third kappa shape index (κ3) is 4.38. The zero-order valence-corrected chi connectivity index (χ0v) is 17.5. The number of pyridine rings is 1. The number of carbonyl (C=O) groups is 1. The SMILES string of the molecule is CCCCC(=O)N1CCCC(Nc2nc(-c3c[nH]c4ncc(Cl)cc34)ncc2F)C1. The van der Waals surface area contributed by atoms with Crippen LogP contribution in [0.15, 0.2) is 24.7 Å². The number of rotatable bonds is 6. The molecule has 1 aliphatic rings. The average molecular weight is 431 g/mol. The molecule has 4 heterocycles. The van der Waals surface area contributed by atoms with E-state index in [1.807, 2.05) is 4.90 Å². The van der Waals surface area contributed by atoms with Crippen molar-refractivity contribution in [3.8, 4) is 11.4 Å². The molecule has 158 valence electrons. The number of H-pyrrole nitrogens is 1. The Bertz CT molecular complexity index is 1060. The number of carbonyl (C=O) groups excluding carboxylic acids is 1. The Kier molecular flexibility index (Phi) is 6.13. The maximum atomic E-state index is 14.5. The number of anilines is 1. The Morgan fingerprint density at radius 1 is 1.40 bits per heavy atom. The summed E-state index contributed by atoms with van der Waals surface area (Å²) >= 11 is 6.07. The molecule has 9 heteroatoms. The van der Waals surface area contributed by atoms with Gasteiger partial charge in [0.15, 0.2) is 17.5 Å². The molecule has 0 spiro atoms. The van der Waals surface area contributed by atoms with E-state index in [0.717, 1.165) is 43.8 Å². The monoisotopic (exact) mass is 430 g/mol. The first-order chi connectivity index (χ1) is 14.5. The highest BCUT2D eigenvalue weighted by Crippen LogP contribution is 2.28. The van der Waals surface area contributed by atoms with Gasteiger partial charge in [-0.15, -0.1) is 0 Å². The van der Waals surface area contributed by atoms with Crippen molar-refractivity contribution in [1.82, 2.24) is 24.8 Å². The summed E-state index contributed by atoms with van der Waals surface area (Å²) in [6, 6.07) is 1.72. The molecule has 3 aromatic heterocycles. The first-order valence-corrected chi connectivity index (χ1v) is 10.6. The minimum atomic E-state index is -0.524. The molecule has 0 radical (unpaired) electrons. The number of hydrogen-bond donors (Lipinski definition) is 2. The predicted octanol–water partition coefficient (Wildman–Crippen LogP) is 4.41. The molecule has 1 fully saturated rings. The van der Waals surface area contributed by atoms with E-state index in [-0.39, 0.29) is 17.8 Å². The van der Waals surface area contributed by atoms with Crippen molar-refractivity contribution < 1.29 is 9.18 Å². The van der Waals surface area contributed by atoms with Gasteiger partial charge in [0.05, 0.1) is 11.2 Å². The van der Waals surface area contributed by atoms with Crippen LogP contribution in [0.25, 0.3) is 22.4 Å². The van der Waals surface area contributed by atoms with Gasteiger partial charge >= 0.3 is 0 Å². The van der Waals surface area contributed by atoms with Crippen LogP contribution in [0.1, 0.15) is 39.0 Å². The van der Waals surface area contributed by atoms with Crippen LogP contribution in [-0.4, -0.2) is 49.9 Å². The lowest BCUT2D eigenvalue weighted by Gasteiger charge is -2.33. The Balaban J connectivity index is 1.53. The number of halogens is 2. The van der Waals surface area contributed by atoms with Gasteiger partial charge in [0.2, 0.25) is 5.91 Å². The van der Waals surface area contributed by atoms with Crippen LogP contribution in [0.4, 0.5) is 10.2 Å². The van der Waals surface area contributed by atoms with Crippen LogP contribution < -0.4 is 5.32 Å².